The average Bonchev–Trinajstić information content (AvgIpc) is 2.84. The van der Waals surface area contributed by atoms with Gasteiger partial charge in [-0.2, -0.15) is 10.2 Å². The van der Waals surface area contributed by atoms with Crippen molar-refractivity contribution < 1.29 is 0 Å². The molecule has 0 saturated heterocycles. The highest BCUT2D eigenvalue weighted by Crippen LogP contribution is 2.19. The van der Waals surface area contributed by atoms with Crippen LogP contribution in [0.2, 0.25) is 0 Å². The Balaban J connectivity index is 0.000000220. The zero-order valence-corrected chi connectivity index (χ0v) is 16.2. The van der Waals surface area contributed by atoms with Crippen LogP contribution in [0.15, 0.2) is 0 Å². The van der Waals surface area contributed by atoms with Gasteiger partial charge in [-0.15, -0.1) is 0 Å². The van der Waals surface area contributed by atoms with Crippen LogP contribution in [-0.2, 0) is 24.9 Å². The lowest BCUT2D eigenvalue weighted by Crippen LogP contribution is -2.17. The summed E-state index contributed by atoms with van der Waals surface area (Å²) in [5.74, 6) is 1.98. The molecule has 0 aromatic carbocycles. The minimum absolute atomic E-state index is 0.0578. The number of rotatable bonds is 0. The van der Waals surface area contributed by atoms with E-state index in [4.69, 9.17) is 24.4 Å². The van der Waals surface area contributed by atoms with Crippen molar-refractivity contribution >= 4 is 24.4 Å². The summed E-state index contributed by atoms with van der Waals surface area (Å²) in [6.45, 7) is 12.7. The van der Waals surface area contributed by atoms with Gasteiger partial charge in [0, 0.05) is 24.9 Å². The number of aromatic amines is 2. The second-order valence-electron chi connectivity index (χ2n) is 7.32. The quantitative estimate of drug-likeness (QED) is 0.719. The Hall–Kier alpha value is -1.28. The van der Waals surface area contributed by atoms with Gasteiger partial charge in [-0.05, 0) is 24.4 Å². The molecular weight excluding hydrogens is 316 g/mol. The van der Waals surface area contributed by atoms with E-state index in [1.165, 1.54) is 0 Å². The molecule has 124 valence electrons. The Kier molecular flexibility index (Phi) is 5.51. The van der Waals surface area contributed by atoms with Gasteiger partial charge in [-0.25, -0.2) is 0 Å². The highest BCUT2D eigenvalue weighted by atomic mass is 32.1. The van der Waals surface area contributed by atoms with Crippen molar-refractivity contribution in [3.63, 3.8) is 0 Å². The first-order valence-corrected chi connectivity index (χ1v) is 7.91. The second-order valence-corrected chi connectivity index (χ2v) is 8.10. The molecule has 0 unspecified atom stereocenters. The lowest BCUT2D eigenvalue weighted by atomic mass is 9.96. The van der Waals surface area contributed by atoms with Crippen molar-refractivity contribution in [3.8, 4) is 0 Å². The van der Waals surface area contributed by atoms with Gasteiger partial charge >= 0.3 is 0 Å². The molecule has 2 heterocycles. The maximum absolute atomic E-state index is 4.99. The zero-order valence-electron chi connectivity index (χ0n) is 14.6. The third-order valence-corrected chi connectivity index (χ3v) is 3.83. The van der Waals surface area contributed by atoms with Gasteiger partial charge in [0.05, 0.1) is 0 Å². The van der Waals surface area contributed by atoms with Gasteiger partial charge < -0.3 is 9.13 Å². The lowest BCUT2D eigenvalue weighted by molar-refractivity contribution is 0.519. The molecular formula is C14H26N6S2. The van der Waals surface area contributed by atoms with Gasteiger partial charge in [0.2, 0.25) is 0 Å². The molecule has 2 N–H and O–H groups in total. The maximum Gasteiger partial charge on any atom is 0.194 e. The van der Waals surface area contributed by atoms with Crippen LogP contribution in [0.5, 0.6) is 0 Å². The number of hydrogen-bond donors (Lipinski definition) is 2. The summed E-state index contributed by atoms with van der Waals surface area (Å²) >= 11 is 9.98. The number of H-pyrrole nitrogens is 2. The lowest BCUT2D eigenvalue weighted by Gasteiger charge is -2.15. The van der Waals surface area contributed by atoms with Crippen molar-refractivity contribution in [1.82, 2.24) is 29.5 Å². The van der Waals surface area contributed by atoms with E-state index < -0.39 is 0 Å². The van der Waals surface area contributed by atoms with Crippen molar-refractivity contribution in [2.75, 3.05) is 0 Å². The highest BCUT2D eigenvalue weighted by Gasteiger charge is 2.20. The summed E-state index contributed by atoms with van der Waals surface area (Å²) in [5, 5.41) is 13.8. The van der Waals surface area contributed by atoms with Crippen LogP contribution in [-0.4, -0.2) is 29.5 Å². The summed E-state index contributed by atoms with van der Waals surface area (Å²) in [4.78, 5) is 0. The molecule has 0 amide bonds. The van der Waals surface area contributed by atoms with Crippen LogP contribution in [0.3, 0.4) is 0 Å². The zero-order chi connectivity index (χ0) is 17.3. The van der Waals surface area contributed by atoms with E-state index in [2.05, 4.69) is 61.9 Å². The fourth-order valence-corrected chi connectivity index (χ4v) is 2.30. The third kappa shape index (κ3) is 4.36. The molecule has 0 atom stereocenters. The van der Waals surface area contributed by atoms with Gasteiger partial charge in [-0.1, -0.05) is 41.5 Å². The van der Waals surface area contributed by atoms with E-state index in [0.29, 0.717) is 9.54 Å². The first-order chi connectivity index (χ1) is 9.85. The highest BCUT2D eigenvalue weighted by molar-refractivity contribution is 7.71. The average molecular weight is 343 g/mol. The molecule has 0 aliphatic rings. The normalized spacial score (nSPS) is 12.0. The first-order valence-electron chi connectivity index (χ1n) is 7.09. The number of nitrogens with zero attached hydrogens (tertiary/aromatic N) is 4. The fraction of sp³-hybridized carbons (Fsp3) is 0.714. The largest absolute Gasteiger partial charge is 0.307 e. The van der Waals surface area contributed by atoms with Gasteiger partial charge in [0.25, 0.3) is 0 Å². The van der Waals surface area contributed by atoms with Crippen molar-refractivity contribution in [2.45, 2.75) is 52.4 Å². The Bertz CT molecular complexity index is 669. The molecule has 8 heteroatoms. The third-order valence-electron chi connectivity index (χ3n) is 3.10. The van der Waals surface area contributed by atoms with Crippen LogP contribution in [0, 0.1) is 9.54 Å². The number of nitrogens with one attached hydrogen (secondary N) is 2. The van der Waals surface area contributed by atoms with Crippen LogP contribution < -0.4 is 0 Å². The summed E-state index contributed by atoms with van der Waals surface area (Å²) in [6.07, 6.45) is 0. The smallest absolute Gasteiger partial charge is 0.194 e. The van der Waals surface area contributed by atoms with Crippen molar-refractivity contribution in [1.29, 1.82) is 0 Å². The standard InChI is InChI=1S/2C7H13N3S/c2*1-7(2,3)5-8-9-6(11)10(5)4/h2*1-4H3,(H,9,11). The molecule has 0 fully saturated rings. The monoisotopic (exact) mass is 342 g/mol. The van der Waals surface area contributed by atoms with E-state index in [1.807, 2.05) is 23.2 Å². The van der Waals surface area contributed by atoms with Gasteiger partial charge in [0.1, 0.15) is 11.6 Å². The molecule has 2 aromatic rings. The minimum atomic E-state index is 0.0578. The van der Waals surface area contributed by atoms with E-state index in [1.54, 1.807) is 0 Å². The molecule has 0 aliphatic carbocycles. The van der Waals surface area contributed by atoms with Crippen LogP contribution >= 0.6 is 24.4 Å². The molecule has 2 rings (SSSR count). The molecule has 0 bridgehead atoms. The molecule has 22 heavy (non-hydrogen) atoms. The van der Waals surface area contributed by atoms with Crippen LogP contribution in [0.4, 0.5) is 0 Å². The van der Waals surface area contributed by atoms with Crippen LogP contribution in [0.25, 0.3) is 0 Å². The summed E-state index contributed by atoms with van der Waals surface area (Å²) in [5.41, 5.74) is 0.116. The Morgan fingerprint density at radius 2 is 1.00 bits per heavy atom. The van der Waals surface area contributed by atoms with Crippen molar-refractivity contribution in [3.05, 3.63) is 21.2 Å². The Morgan fingerprint density at radius 1 is 0.727 bits per heavy atom. The van der Waals surface area contributed by atoms with Crippen LogP contribution in [0.1, 0.15) is 53.2 Å². The molecule has 0 radical (unpaired) electrons. The topological polar surface area (TPSA) is 67.2 Å². The SMILES string of the molecule is Cn1c(C(C)(C)C)n[nH]c1=S.Cn1c(C(C)(C)C)n[nH]c1=S. The summed E-state index contributed by atoms with van der Waals surface area (Å²) < 4.78 is 5.15. The fourth-order valence-electron chi connectivity index (χ4n) is 2.04. The van der Waals surface area contributed by atoms with Gasteiger partial charge in [-0.3, -0.25) is 10.2 Å². The first kappa shape index (κ1) is 18.8. The molecule has 6 nitrogen and oxygen atoms in total. The Morgan fingerprint density at radius 3 is 1.09 bits per heavy atom. The summed E-state index contributed by atoms with van der Waals surface area (Å²) in [7, 11) is 3.85. The van der Waals surface area contributed by atoms with E-state index in [0.717, 1.165) is 11.6 Å². The second kappa shape index (κ2) is 6.45. The molecule has 2 aromatic heterocycles. The molecule has 0 spiro atoms. The van der Waals surface area contributed by atoms with E-state index >= 15 is 0 Å². The van der Waals surface area contributed by atoms with Crippen molar-refractivity contribution in [2.24, 2.45) is 14.1 Å². The summed E-state index contributed by atoms with van der Waals surface area (Å²) in [6, 6.07) is 0. The molecule has 0 saturated carbocycles. The predicted octanol–water partition coefficient (Wildman–Crippen LogP) is 3.55. The van der Waals surface area contributed by atoms with Gasteiger partial charge in [0.15, 0.2) is 9.54 Å². The number of hydrogen-bond acceptors (Lipinski definition) is 4. The minimum Gasteiger partial charge on any atom is -0.307 e. The number of aromatic nitrogens is 6. The van der Waals surface area contributed by atoms with E-state index in [9.17, 15) is 0 Å². The molecule has 0 aliphatic heterocycles. The Labute approximate surface area is 142 Å². The van der Waals surface area contributed by atoms with E-state index in [-0.39, 0.29) is 10.8 Å². The predicted molar refractivity (Wildman–Crippen MR) is 94.2 cm³/mol. The maximum atomic E-state index is 4.99.